The SMILES string of the molecule is N[C@H]1CCCC[C@@H]1C(=O)N1CCC(CC(=O)Nc2cccc(C(F)(F)P)n2)CC1. The molecule has 2 heterocycles. The van der Waals surface area contributed by atoms with Crippen LogP contribution in [0.4, 0.5) is 14.6 Å². The molecule has 0 radical (unpaired) electrons. The fourth-order valence-corrected chi connectivity index (χ4v) is 4.36. The van der Waals surface area contributed by atoms with Crippen LogP contribution in [0.1, 0.15) is 50.6 Å². The molecular weight excluding hydrogens is 397 g/mol. The van der Waals surface area contributed by atoms with E-state index in [1.807, 2.05) is 4.90 Å². The third kappa shape index (κ3) is 5.92. The summed E-state index contributed by atoms with van der Waals surface area (Å²) in [6, 6.07) is 4.10. The van der Waals surface area contributed by atoms with Gasteiger partial charge in [0, 0.05) is 25.6 Å². The van der Waals surface area contributed by atoms with Crippen molar-refractivity contribution < 1.29 is 18.4 Å². The maximum atomic E-state index is 13.4. The van der Waals surface area contributed by atoms with Crippen LogP contribution in [0.2, 0.25) is 0 Å². The molecule has 9 heteroatoms. The number of nitrogens with zero attached hydrogens (tertiary/aromatic N) is 2. The Morgan fingerprint density at radius 2 is 1.90 bits per heavy atom. The van der Waals surface area contributed by atoms with Crippen LogP contribution in [-0.2, 0) is 15.3 Å². The lowest BCUT2D eigenvalue weighted by Gasteiger charge is -2.37. The first-order valence-corrected chi connectivity index (χ1v) is 10.8. The van der Waals surface area contributed by atoms with Gasteiger partial charge in [-0.2, -0.15) is 8.78 Å². The third-order valence-corrected chi connectivity index (χ3v) is 6.19. The number of alkyl halides is 2. The first-order valence-electron chi connectivity index (χ1n) is 10.2. The summed E-state index contributed by atoms with van der Waals surface area (Å²) in [6.45, 7) is 1.26. The van der Waals surface area contributed by atoms with Gasteiger partial charge in [-0.05, 0) is 43.7 Å². The molecule has 0 aromatic carbocycles. The van der Waals surface area contributed by atoms with Crippen LogP contribution in [0.3, 0.4) is 0 Å². The van der Waals surface area contributed by atoms with Crippen LogP contribution >= 0.6 is 9.24 Å². The predicted octanol–water partition coefficient (Wildman–Crippen LogP) is 3.09. The number of anilines is 1. The second-order valence-corrected chi connectivity index (χ2v) is 8.83. The number of nitrogens with two attached hydrogens (primary N) is 1. The average Bonchev–Trinajstić information content (AvgIpc) is 2.68. The highest BCUT2D eigenvalue weighted by atomic mass is 31.0. The third-order valence-electron chi connectivity index (χ3n) is 5.89. The smallest absolute Gasteiger partial charge is 0.300 e. The number of carbonyl (C=O) groups is 2. The maximum Gasteiger partial charge on any atom is 0.300 e. The van der Waals surface area contributed by atoms with Gasteiger partial charge in [0.05, 0.1) is 5.92 Å². The monoisotopic (exact) mass is 426 g/mol. The lowest BCUT2D eigenvalue weighted by atomic mass is 9.83. The molecule has 1 aromatic rings. The van der Waals surface area contributed by atoms with E-state index in [0.717, 1.165) is 38.5 Å². The van der Waals surface area contributed by atoms with Crippen LogP contribution in [-0.4, -0.2) is 40.8 Å². The number of halogens is 2. The fourth-order valence-electron chi connectivity index (χ4n) is 4.20. The van der Waals surface area contributed by atoms with Gasteiger partial charge in [-0.25, -0.2) is 4.98 Å². The Bertz CT molecular complexity index is 735. The second kappa shape index (κ2) is 9.43. The van der Waals surface area contributed by atoms with Gasteiger partial charge in [-0.15, -0.1) is 0 Å². The van der Waals surface area contributed by atoms with E-state index in [4.69, 9.17) is 5.73 Å². The molecule has 1 saturated carbocycles. The number of pyridine rings is 1. The van der Waals surface area contributed by atoms with Crippen molar-refractivity contribution in [3.8, 4) is 0 Å². The molecule has 2 aliphatic rings. The van der Waals surface area contributed by atoms with Crippen molar-refractivity contribution >= 4 is 26.9 Å². The van der Waals surface area contributed by atoms with Crippen molar-refractivity contribution in [2.45, 2.75) is 56.7 Å². The highest BCUT2D eigenvalue weighted by Gasteiger charge is 2.33. The van der Waals surface area contributed by atoms with E-state index < -0.39 is 11.4 Å². The number of aromatic nitrogens is 1. The van der Waals surface area contributed by atoms with E-state index in [1.54, 1.807) is 0 Å². The molecule has 1 aromatic heterocycles. The zero-order valence-electron chi connectivity index (χ0n) is 16.4. The summed E-state index contributed by atoms with van der Waals surface area (Å²) < 4.78 is 26.7. The summed E-state index contributed by atoms with van der Waals surface area (Å²) in [5, 5.41) is 2.60. The zero-order chi connectivity index (χ0) is 21.0. The Morgan fingerprint density at radius 3 is 2.55 bits per heavy atom. The minimum Gasteiger partial charge on any atom is -0.342 e. The molecule has 6 nitrogen and oxygen atoms in total. The summed E-state index contributed by atoms with van der Waals surface area (Å²) in [7, 11) is 1.44. The Kier molecular flexibility index (Phi) is 7.17. The fraction of sp³-hybridized carbons (Fsp3) is 0.650. The lowest BCUT2D eigenvalue weighted by Crippen LogP contribution is -2.48. The lowest BCUT2D eigenvalue weighted by molar-refractivity contribution is -0.138. The molecule has 3 N–H and O–H groups in total. The van der Waals surface area contributed by atoms with Crippen LogP contribution < -0.4 is 11.1 Å². The van der Waals surface area contributed by atoms with Crippen molar-refractivity contribution in [1.29, 1.82) is 0 Å². The minimum absolute atomic E-state index is 0.0445. The number of carbonyl (C=O) groups excluding carboxylic acids is 2. The Labute approximate surface area is 172 Å². The van der Waals surface area contributed by atoms with E-state index in [-0.39, 0.29) is 41.9 Å². The molecule has 1 aliphatic heterocycles. The van der Waals surface area contributed by atoms with Crippen molar-refractivity contribution in [2.24, 2.45) is 17.6 Å². The number of rotatable bonds is 5. The molecule has 1 unspecified atom stereocenters. The standard InChI is InChI=1S/C20H29F2N4O2P/c21-20(22,29)16-6-3-7-17(24-16)25-18(27)12-13-8-10-26(11-9-13)19(28)14-4-1-2-5-15(14)23/h3,6-7,13-15H,1-2,4-5,8-12,23,29H2,(H,24,25,27)/t14-,15-/m0/s1. The molecule has 3 atom stereocenters. The maximum absolute atomic E-state index is 13.4. The van der Waals surface area contributed by atoms with Crippen LogP contribution in [0.25, 0.3) is 0 Å². The van der Waals surface area contributed by atoms with Crippen LogP contribution in [0, 0.1) is 11.8 Å². The Hall–Kier alpha value is -1.66. The molecule has 2 fully saturated rings. The quantitative estimate of drug-likeness (QED) is 0.709. The largest absolute Gasteiger partial charge is 0.342 e. The summed E-state index contributed by atoms with van der Waals surface area (Å²) in [5.41, 5.74) is 2.59. The zero-order valence-corrected chi connectivity index (χ0v) is 17.6. The molecule has 3 rings (SSSR count). The summed E-state index contributed by atoms with van der Waals surface area (Å²) in [4.78, 5) is 30.7. The Morgan fingerprint density at radius 1 is 1.21 bits per heavy atom. The number of hydrogen-bond donors (Lipinski definition) is 2. The molecular formula is C20H29F2N4O2P. The number of hydrogen-bond acceptors (Lipinski definition) is 4. The summed E-state index contributed by atoms with van der Waals surface area (Å²) in [6.07, 6.45) is 5.70. The van der Waals surface area contributed by atoms with Gasteiger partial charge in [-0.1, -0.05) is 28.1 Å². The molecule has 0 bridgehead atoms. The van der Waals surface area contributed by atoms with Crippen molar-refractivity contribution in [2.75, 3.05) is 18.4 Å². The van der Waals surface area contributed by atoms with Crippen LogP contribution in [0.15, 0.2) is 18.2 Å². The average molecular weight is 426 g/mol. The number of likely N-dealkylation sites (tertiary alicyclic amines) is 1. The normalized spacial score (nSPS) is 23.7. The highest BCUT2D eigenvalue weighted by molar-refractivity contribution is 7.17. The number of nitrogens with one attached hydrogen (secondary N) is 1. The topological polar surface area (TPSA) is 88.3 Å². The molecule has 0 spiro atoms. The van der Waals surface area contributed by atoms with E-state index >= 15 is 0 Å². The van der Waals surface area contributed by atoms with Gasteiger partial charge in [0.15, 0.2) is 0 Å². The van der Waals surface area contributed by atoms with Crippen molar-refractivity contribution in [3.63, 3.8) is 0 Å². The van der Waals surface area contributed by atoms with Crippen LogP contribution in [0.5, 0.6) is 0 Å². The minimum atomic E-state index is -3.14. The van der Waals surface area contributed by atoms with Gasteiger partial charge >= 0.3 is 0 Å². The highest BCUT2D eigenvalue weighted by Crippen LogP contribution is 2.34. The molecule has 160 valence electrons. The van der Waals surface area contributed by atoms with Crippen molar-refractivity contribution in [3.05, 3.63) is 23.9 Å². The first kappa shape index (κ1) is 22.0. The number of amides is 2. The molecule has 1 aliphatic carbocycles. The second-order valence-electron chi connectivity index (χ2n) is 8.11. The van der Waals surface area contributed by atoms with Gasteiger partial charge < -0.3 is 16.0 Å². The Balaban J connectivity index is 1.47. The summed E-state index contributed by atoms with van der Waals surface area (Å²) in [5.74, 6) is 0.107. The van der Waals surface area contributed by atoms with Gasteiger partial charge in [0.1, 0.15) is 11.5 Å². The predicted molar refractivity (Wildman–Crippen MR) is 110 cm³/mol. The first-order chi connectivity index (χ1) is 13.7. The van der Waals surface area contributed by atoms with E-state index in [2.05, 4.69) is 10.3 Å². The van der Waals surface area contributed by atoms with Gasteiger partial charge in [0.2, 0.25) is 11.8 Å². The number of piperidine rings is 1. The van der Waals surface area contributed by atoms with E-state index in [9.17, 15) is 18.4 Å². The molecule has 1 saturated heterocycles. The summed E-state index contributed by atoms with van der Waals surface area (Å²) >= 11 is 0. The van der Waals surface area contributed by atoms with Gasteiger partial charge in [0.25, 0.3) is 5.66 Å². The molecule has 29 heavy (non-hydrogen) atoms. The molecule has 2 amide bonds. The van der Waals surface area contributed by atoms with E-state index in [1.165, 1.54) is 27.4 Å². The van der Waals surface area contributed by atoms with Crippen molar-refractivity contribution in [1.82, 2.24) is 9.88 Å². The van der Waals surface area contributed by atoms with E-state index in [0.29, 0.717) is 13.1 Å². The van der Waals surface area contributed by atoms with Gasteiger partial charge in [-0.3, -0.25) is 9.59 Å².